The topological polar surface area (TPSA) is 95.9 Å². The Hall–Kier alpha value is -1.79. The minimum atomic E-state index is -1.16. The molecule has 1 aliphatic carbocycles. The number of urea groups is 1. The minimum absolute atomic E-state index is 0.0201. The molecular formula is C11H18N2O5. The lowest BCUT2D eigenvalue weighted by molar-refractivity contribution is -0.142. The van der Waals surface area contributed by atoms with Crippen molar-refractivity contribution in [1.82, 2.24) is 10.2 Å². The molecule has 18 heavy (non-hydrogen) atoms. The summed E-state index contributed by atoms with van der Waals surface area (Å²) in [5.74, 6) is -1.65. The van der Waals surface area contributed by atoms with Gasteiger partial charge < -0.3 is 20.1 Å². The van der Waals surface area contributed by atoms with E-state index >= 15 is 0 Å². The van der Waals surface area contributed by atoms with E-state index in [2.05, 4.69) is 10.1 Å². The summed E-state index contributed by atoms with van der Waals surface area (Å²) in [5, 5.41) is 11.4. The molecule has 1 fully saturated rings. The fraction of sp³-hybridized carbons (Fsp3) is 0.727. The summed E-state index contributed by atoms with van der Waals surface area (Å²) in [6, 6.07) is -1.28. The third-order valence-electron chi connectivity index (χ3n) is 2.88. The molecule has 0 aromatic heterocycles. The van der Waals surface area contributed by atoms with E-state index in [1.54, 1.807) is 7.05 Å². The van der Waals surface area contributed by atoms with Crippen LogP contribution < -0.4 is 5.32 Å². The van der Waals surface area contributed by atoms with Crippen molar-refractivity contribution in [2.75, 3.05) is 14.2 Å². The van der Waals surface area contributed by atoms with Gasteiger partial charge in [-0.15, -0.1) is 0 Å². The van der Waals surface area contributed by atoms with Gasteiger partial charge in [-0.25, -0.2) is 9.59 Å². The highest BCUT2D eigenvalue weighted by atomic mass is 16.5. The molecule has 0 spiro atoms. The van der Waals surface area contributed by atoms with E-state index in [1.807, 2.05) is 0 Å². The first-order valence-electron chi connectivity index (χ1n) is 5.78. The molecule has 7 nitrogen and oxygen atoms in total. The molecule has 102 valence electrons. The van der Waals surface area contributed by atoms with E-state index in [4.69, 9.17) is 5.11 Å². The molecule has 0 heterocycles. The summed E-state index contributed by atoms with van der Waals surface area (Å²) in [4.78, 5) is 35.1. The van der Waals surface area contributed by atoms with Gasteiger partial charge in [-0.1, -0.05) is 0 Å². The number of carbonyl (C=O) groups is 3. The second kappa shape index (κ2) is 6.23. The highest BCUT2D eigenvalue weighted by Crippen LogP contribution is 2.25. The number of carboxylic acid groups (broad SMARTS) is 1. The number of carboxylic acids is 1. The van der Waals surface area contributed by atoms with Crippen LogP contribution in [0, 0.1) is 0 Å². The molecule has 2 amide bonds. The predicted molar refractivity (Wildman–Crippen MR) is 62.0 cm³/mol. The minimum Gasteiger partial charge on any atom is -0.480 e. The normalized spacial score (nSPS) is 15.7. The average molecular weight is 258 g/mol. The van der Waals surface area contributed by atoms with Crippen molar-refractivity contribution in [2.45, 2.75) is 37.8 Å². The molecule has 0 unspecified atom stereocenters. The Balaban J connectivity index is 2.43. The molecule has 1 saturated carbocycles. The van der Waals surface area contributed by atoms with Gasteiger partial charge in [0.15, 0.2) is 0 Å². The molecule has 0 saturated heterocycles. The largest absolute Gasteiger partial charge is 0.480 e. The molecule has 0 aliphatic heterocycles. The SMILES string of the molecule is COC(=O)CC[C@H](NC(=O)N(C)C1CC1)C(=O)O. The molecule has 1 rings (SSSR count). The Morgan fingerprint density at radius 2 is 2.06 bits per heavy atom. The second-order valence-corrected chi connectivity index (χ2v) is 4.30. The number of ether oxygens (including phenoxy) is 1. The lowest BCUT2D eigenvalue weighted by Crippen LogP contribution is -2.47. The third-order valence-corrected chi connectivity index (χ3v) is 2.88. The number of hydrogen-bond donors (Lipinski definition) is 2. The fourth-order valence-corrected chi connectivity index (χ4v) is 1.50. The summed E-state index contributed by atoms with van der Waals surface area (Å²) in [5.41, 5.74) is 0. The second-order valence-electron chi connectivity index (χ2n) is 4.30. The zero-order valence-electron chi connectivity index (χ0n) is 10.5. The van der Waals surface area contributed by atoms with Gasteiger partial charge >= 0.3 is 18.0 Å². The predicted octanol–water partition coefficient (Wildman–Crippen LogP) is 0.197. The quantitative estimate of drug-likeness (QED) is 0.663. The Morgan fingerprint density at radius 3 is 2.50 bits per heavy atom. The molecule has 2 N–H and O–H groups in total. The van der Waals surface area contributed by atoms with Crippen LogP contribution in [0.5, 0.6) is 0 Å². The van der Waals surface area contributed by atoms with E-state index in [9.17, 15) is 14.4 Å². The lowest BCUT2D eigenvalue weighted by atomic mass is 10.1. The maximum Gasteiger partial charge on any atom is 0.326 e. The van der Waals surface area contributed by atoms with Crippen LogP contribution in [0.3, 0.4) is 0 Å². The number of carbonyl (C=O) groups excluding carboxylic acids is 2. The number of aliphatic carboxylic acids is 1. The first kappa shape index (κ1) is 14.3. The van der Waals surface area contributed by atoms with E-state index in [-0.39, 0.29) is 18.9 Å². The van der Waals surface area contributed by atoms with Gasteiger partial charge in [0.05, 0.1) is 7.11 Å². The summed E-state index contributed by atoms with van der Waals surface area (Å²) in [7, 11) is 2.86. The number of hydrogen-bond acceptors (Lipinski definition) is 4. The van der Waals surface area contributed by atoms with Crippen molar-refractivity contribution >= 4 is 18.0 Å². The highest BCUT2D eigenvalue weighted by molar-refractivity contribution is 5.83. The van der Waals surface area contributed by atoms with Crippen LogP contribution in [0.25, 0.3) is 0 Å². The molecular weight excluding hydrogens is 240 g/mol. The van der Waals surface area contributed by atoms with Gasteiger partial charge in [-0.2, -0.15) is 0 Å². The summed E-state index contributed by atoms with van der Waals surface area (Å²) in [6.07, 6.45) is 1.88. The Bertz CT molecular complexity index is 340. The Labute approximate surface area is 105 Å². The van der Waals surface area contributed by atoms with Crippen molar-refractivity contribution in [3.63, 3.8) is 0 Å². The van der Waals surface area contributed by atoms with Crippen molar-refractivity contribution in [3.05, 3.63) is 0 Å². The molecule has 0 aromatic rings. The summed E-state index contributed by atoms with van der Waals surface area (Å²) in [6.45, 7) is 0. The highest BCUT2D eigenvalue weighted by Gasteiger charge is 2.31. The number of esters is 1. The lowest BCUT2D eigenvalue weighted by Gasteiger charge is -2.20. The molecule has 0 radical (unpaired) electrons. The smallest absolute Gasteiger partial charge is 0.326 e. The van der Waals surface area contributed by atoms with Gasteiger partial charge in [0.2, 0.25) is 0 Å². The molecule has 1 atom stereocenters. The number of rotatable bonds is 6. The fourth-order valence-electron chi connectivity index (χ4n) is 1.50. The molecule has 1 aliphatic rings. The zero-order valence-corrected chi connectivity index (χ0v) is 10.5. The number of methoxy groups -OCH3 is 1. The van der Waals surface area contributed by atoms with Gasteiger partial charge in [0.25, 0.3) is 0 Å². The monoisotopic (exact) mass is 258 g/mol. The van der Waals surface area contributed by atoms with Crippen molar-refractivity contribution in [3.8, 4) is 0 Å². The molecule has 0 bridgehead atoms. The van der Waals surface area contributed by atoms with Crippen LogP contribution in [-0.4, -0.2) is 54.2 Å². The Morgan fingerprint density at radius 1 is 1.44 bits per heavy atom. The number of nitrogens with one attached hydrogen (secondary N) is 1. The first-order chi connectivity index (χ1) is 8.45. The molecule has 7 heteroatoms. The number of nitrogens with zero attached hydrogens (tertiary/aromatic N) is 1. The van der Waals surface area contributed by atoms with Crippen molar-refractivity contribution < 1.29 is 24.2 Å². The van der Waals surface area contributed by atoms with Crippen LogP contribution in [0.1, 0.15) is 25.7 Å². The van der Waals surface area contributed by atoms with Crippen LogP contribution in [0.2, 0.25) is 0 Å². The van der Waals surface area contributed by atoms with E-state index in [1.165, 1.54) is 12.0 Å². The maximum atomic E-state index is 11.7. The van der Waals surface area contributed by atoms with Crippen LogP contribution >= 0.6 is 0 Å². The van der Waals surface area contributed by atoms with E-state index in [0.29, 0.717) is 0 Å². The van der Waals surface area contributed by atoms with Crippen molar-refractivity contribution in [2.24, 2.45) is 0 Å². The maximum absolute atomic E-state index is 11.7. The van der Waals surface area contributed by atoms with E-state index in [0.717, 1.165) is 12.8 Å². The zero-order chi connectivity index (χ0) is 13.7. The third kappa shape index (κ3) is 4.23. The summed E-state index contributed by atoms with van der Waals surface area (Å²) < 4.78 is 4.43. The summed E-state index contributed by atoms with van der Waals surface area (Å²) >= 11 is 0. The van der Waals surface area contributed by atoms with Crippen molar-refractivity contribution in [1.29, 1.82) is 0 Å². The van der Waals surface area contributed by atoms with E-state index < -0.39 is 24.0 Å². The van der Waals surface area contributed by atoms with Crippen LogP contribution in [-0.2, 0) is 14.3 Å². The molecule has 0 aromatic carbocycles. The van der Waals surface area contributed by atoms with Crippen LogP contribution in [0.15, 0.2) is 0 Å². The standard InChI is InChI=1S/C11H18N2O5/c1-13(7-3-4-7)11(17)12-8(10(15)16)5-6-9(14)18-2/h7-8H,3-6H2,1-2H3,(H,12,17)(H,15,16)/t8-/m0/s1. The van der Waals surface area contributed by atoms with Gasteiger partial charge in [0, 0.05) is 19.5 Å². The van der Waals surface area contributed by atoms with Gasteiger partial charge in [0.1, 0.15) is 6.04 Å². The first-order valence-corrected chi connectivity index (χ1v) is 5.78. The van der Waals surface area contributed by atoms with Gasteiger partial charge in [-0.3, -0.25) is 4.79 Å². The average Bonchev–Trinajstić information content (AvgIpc) is 3.16. The van der Waals surface area contributed by atoms with Gasteiger partial charge in [-0.05, 0) is 19.3 Å². The Kier molecular flexibility index (Phi) is 4.94. The van der Waals surface area contributed by atoms with Crippen LogP contribution in [0.4, 0.5) is 4.79 Å². The number of amides is 2.